The van der Waals surface area contributed by atoms with Gasteiger partial charge in [-0.15, -0.1) is 0 Å². The predicted octanol–water partition coefficient (Wildman–Crippen LogP) is 6.41. The summed E-state index contributed by atoms with van der Waals surface area (Å²) in [4.78, 5) is 28.5. The molecule has 0 fully saturated rings. The van der Waals surface area contributed by atoms with Crippen LogP contribution >= 0.6 is 27.5 Å². The van der Waals surface area contributed by atoms with Gasteiger partial charge in [0.05, 0.1) is 4.47 Å². The van der Waals surface area contributed by atoms with Crippen LogP contribution < -0.4 is 10.1 Å². The fourth-order valence-electron chi connectivity index (χ4n) is 4.20. The maximum atomic E-state index is 13.7. The fraction of sp³-hybridized carbons (Fsp3) is 0.200. The van der Waals surface area contributed by atoms with Gasteiger partial charge in [0.1, 0.15) is 11.8 Å². The molecular weight excluding hydrogens is 552 g/mol. The van der Waals surface area contributed by atoms with E-state index in [1.165, 1.54) is 0 Å². The van der Waals surface area contributed by atoms with Crippen LogP contribution in [-0.2, 0) is 22.6 Å². The second-order valence-corrected chi connectivity index (χ2v) is 9.80. The first-order chi connectivity index (χ1) is 18.0. The van der Waals surface area contributed by atoms with Crippen molar-refractivity contribution >= 4 is 50.1 Å². The minimum absolute atomic E-state index is 0.176. The van der Waals surface area contributed by atoms with E-state index in [0.29, 0.717) is 23.7 Å². The molecule has 1 N–H and O–H groups in total. The molecule has 4 aromatic rings. The summed E-state index contributed by atoms with van der Waals surface area (Å²) in [7, 11) is 0. The Morgan fingerprint density at radius 3 is 2.41 bits per heavy atom. The van der Waals surface area contributed by atoms with Crippen LogP contribution in [0.5, 0.6) is 5.75 Å². The Morgan fingerprint density at radius 2 is 1.65 bits per heavy atom. The molecule has 0 aromatic heterocycles. The van der Waals surface area contributed by atoms with Crippen molar-refractivity contribution < 1.29 is 14.3 Å². The topological polar surface area (TPSA) is 58.6 Å². The van der Waals surface area contributed by atoms with E-state index in [1.54, 1.807) is 11.0 Å². The smallest absolute Gasteiger partial charge is 0.261 e. The molecule has 0 aliphatic rings. The number of hydrogen-bond acceptors (Lipinski definition) is 3. The molecule has 37 heavy (non-hydrogen) atoms. The van der Waals surface area contributed by atoms with Gasteiger partial charge in [0.25, 0.3) is 5.91 Å². The van der Waals surface area contributed by atoms with Crippen LogP contribution in [0.4, 0.5) is 0 Å². The van der Waals surface area contributed by atoms with E-state index in [9.17, 15) is 9.59 Å². The molecule has 0 spiro atoms. The maximum absolute atomic E-state index is 13.7. The summed E-state index contributed by atoms with van der Waals surface area (Å²) < 4.78 is 6.77. The highest BCUT2D eigenvalue weighted by molar-refractivity contribution is 9.10. The van der Waals surface area contributed by atoms with Crippen molar-refractivity contribution in [1.29, 1.82) is 0 Å². The van der Waals surface area contributed by atoms with E-state index in [2.05, 4.69) is 21.2 Å². The highest BCUT2D eigenvalue weighted by Crippen LogP contribution is 2.33. The summed E-state index contributed by atoms with van der Waals surface area (Å²) in [6, 6.07) is 28.0. The van der Waals surface area contributed by atoms with Crippen LogP contribution in [0.2, 0.25) is 5.02 Å². The number of carbonyl (C=O) groups excluding carboxylic acids is 2. The molecule has 0 saturated carbocycles. The second kappa shape index (κ2) is 12.7. The van der Waals surface area contributed by atoms with E-state index in [0.717, 1.165) is 26.4 Å². The van der Waals surface area contributed by atoms with Crippen LogP contribution in [0, 0.1) is 0 Å². The van der Waals surface area contributed by atoms with Gasteiger partial charge in [0, 0.05) is 24.5 Å². The van der Waals surface area contributed by atoms with Gasteiger partial charge in [-0.05, 0) is 56.9 Å². The van der Waals surface area contributed by atoms with Gasteiger partial charge in [-0.2, -0.15) is 0 Å². The monoisotopic (exact) mass is 578 g/mol. The first kappa shape index (κ1) is 26.7. The SMILES string of the molecule is CCNC(=O)[C@H](Cc1ccccc1)N(Cc1ccccc1Cl)C(=O)COc1ccc2ccccc2c1Br. The fourth-order valence-corrected chi connectivity index (χ4v) is 5.01. The van der Waals surface area contributed by atoms with Crippen LogP contribution in [-0.4, -0.2) is 35.9 Å². The molecule has 2 amide bonds. The van der Waals surface area contributed by atoms with Crippen molar-refractivity contribution in [1.82, 2.24) is 10.2 Å². The lowest BCUT2D eigenvalue weighted by Crippen LogP contribution is -2.51. The van der Waals surface area contributed by atoms with Crippen LogP contribution in [0.15, 0.2) is 95.5 Å². The van der Waals surface area contributed by atoms with E-state index >= 15 is 0 Å². The lowest BCUT2D eigenvalue weighted by Gasteiger charge is -2.31. The number of ether oxygens (including phenoxy) is 1. The van der Waals surface area contributed by atoms with Crippen molar-refractivity contribution in [2.75, 3.05) is 13.2 Å². The number of halogens is 2. The standard InChI is InChI=1S/C30H28BrClN2O3/c1-2-33-30(36)26(18-21-10-4-3-5-11-21)34(19-23-13-7-9-15-25(23)32)28(35)20-37-27-17-16-22-12-6-8-14-24(22)29(27)31/h3-17,26H,2,18-20H2,1H3,(H,33,36)/t26-/m0/s1. The third-order valence-electron chi connectivity index (χ3n) is 6.10. The van der Waals surface area contributed by atoms with E-state index in [1.807, 2.05) is 91.9 Å². The van der Waals surface area contributed by atoms with E-state index in [4.69, 9.17) is 16.3 Å². The number of benzene rings is 4. The molecular formula is C30H28BrClN2O3. The Bertz CT molecular complexity index is 1380. The zero-order chi connectivity index (χ0) is 26.2. The number of carbonyl (C=O) groups is 2. The van der Waals surface area contributed by atoms with Gasteiger partial charge in [-0.3, -0.25) is 9.59 Å². The van der Waals surface area contributed by atoms with Gasteiger partial charge >= 0.3 is 0 Å². The first-order valence-electron chi connectivity index (χ1n) is 12.1. The summed E-state index contributed by atoms with van der Waals surface area (Å²) >= 11 is 10.1. The highest BCUT2D eigenvalue weighted by atomic mass is 79.9. The molecule has 0 heterocycles. The average Bonchev–Trinajstić information content (AvgIpc) is 2.92. The number of amides is 2. The van der Waals surface area contributed by atoms with Crippen molar-refractivity contribution in [2.45, 2.75) is 25.9 Å². The summed E-state index contributed by atoms with van der Waals surface area (Å²) in [5.74, 6) is 0.0215. The number of hydrogen-bond donors (Lipinski definition) is 1. The largest absolute Gasteiger partial charge is 0.483 e. The quantitative estimate of drug-likeness (QED) is 0.236. The molecule has 4 rings (SSSR count). The molecule has 0 radical (unpaired) electrons. The van der Waals surface area contributed by atoms with Gasteiger partial charge in [0.15, 0.2) is 6.61 Å². The zero-order valence-corrected chi connectivity index (χ0v) is 22.8. The number of fused-ring (bicyclic) bond motifs is 1. The Balaban J connectivity index is 1.63. The van der Waals surface area contributed by atoms with Gasteiger partial charge < -0.3 is 15.0 Å². The number of nitrogens with zero attached hydrogens (tertiary/aromatic N) is 1. The minimum Gasteiger partial charge on any atom is -0.483 e. The third-order valence-corrected chi connectivity index (χ3v) is 7.29. The van der Waals surface area contributed by atoms with Gasteiger partial charge in [0.2, 0.25) is 5.91 Å². The minimum atomic E-state index is -0.741. The van der Waals surface area contributed by atoms with Gasteiger partial charge in [-0.1, -0.05) is 90.5 Å². The molecule has 1 atom stereocenters. The lowest BCUT2D eigenvalue weighted by atomic mass is 10.0. The normalized spacial score (nSPS) is 11.6. The molecule has 0 aliphatic carbocycles. The van der Waals surface area contributed by atoms with Crippen molar-refractivity contribution in [3.8, 4) is 5.75 Å². The van der Waals surface area contributed by atoms with Crippen molar-refractivity contribution in [3.05, 3.63) is 112 Å². The number of nitrogens with one attached hydrogen (secondary N) is 1. The molecule has 4 aromatic carbocycles. The Morgan fingerprint density at radius 1 is 0.946 bits per heavy atom. The predicted molar refractivity (Wildman–Crippen MR) is 152 cm³/mol. The van der Waals surface area contributed by atoms with Crippen LogP contribution in [0.3, 0.4) is 0 Å². The molecule has 7 heteroatoms. The van der Waals surface area contributed by atoms with Gasteiger partial charge in [-0.25, -0.2) is 0 Å². The number of likely N-dealkylation sites (N-methyl/N-ethyl adjacent to an activating group) is 1. The average molecular weight is 580 g/mol. The summed E-state index contributed by atoms with van der Waals surface area (Å²) in [6.07, 6.45) is 0.364. The maximum Gasteiger partial charge on any atom is 0.261 e. The Hall–Kier alpha value is -3.35. The zero-order valence-electron chi connectivity index (χ0n) is 20.5. The molecule has 0 saturated heterocycles. The van der Waals surface area contributed by atoms with Crippen LogP contribution in [0.25, 0.3) is 10.8 Å². The Kier molecular flexibility index (Phi) is 9.20. The molecule has 0 unspecified atom stereocenters. The number of rotatable bonds is 10. The van der Waals surface area contributed by atoms with E-state index < -0.39 is 6.04 Å². The first-order valence-corrected chi connectivity index (χ1v) is 13.3. The molecule has 0 aliphatic heterocycles. The van der Waals surface area contributed by atoms with E-state index in [-0.39, 0.29) is 25.0 Å². The van der Waals surface area contributed by atoms with Crippen molar-refractivity contribution in [3.63, 3.8) is 0 Å². The summed E-state index contributed by atoms with van der Waals surface area (Å²) in [5.41, 5.74) is 1.71. The van der Waals surface area contributed by atoms with Crippen molar-refractivity contribution in [2.24, 2.45) is 0 Å². The summed E-state index contributed by atoms with van der Waals surface area (Å²) in [5, 5.41) is 5.48. The highest BCUT2D eigenvalue weighted by Gasteiger charge is 2.31. The third kappa shape index (κ3) is 6.70. The second-order valence-electron chi connectivity index (χ2n) is 8.60. The molecule has 190 valence electrons. The Labute approximate surface area is 230 Å². The molecule has 0 bridgehead atoms. The van der Waals surface area contributed by atoms with Crippen LogP contribution in [0.1, 0.15) is 18.1 Å². The summed E-state index contributed by atoms with van der Waals surface area (Å²) in [6.45, 7) is 2.26. The molecule has 5 nitrogen and oxygen atoms in total. The lowest BCUT2D eigenvalue weighted by molar-refractivity contribution is -0.142.